The van der Waals surface area contributed by atoms with Crippen LogP contribution in [0.2, 0.25) is 0 Å². The number of benzene rings is 1. The van der Waals surface area contributed by atoms with E-state index in [2.05, 4.69) is 5.32 Å². The van der Waals surface area contributed by atoms with Crippen molar-refractivity contribution in [2.24, 2.45) is 0 Å². The number of carbonyl (C=O) groups excluding carboxylic acids is 1. The molecule has 1 saturated heterocycles. The molecule has 1 amide bonds. The molecule has 98 valence electrons. The molecule has 0 saturated carbocycles. The minimum Gasteiger partial charge on any atom is -0.374 e. The first kappa shape index (κ1) is 12.7. The Hall–Kier alpha value is -1.72. The number of amides is 1. The van der Waals surface area contributed by atoms with Gasteiger partial charge in [-0.25, -0.2) is 0 Å². The van der Waals surface area contributed by atoms with Crippen LogP contribution in [0.15, 0.2) is 24.3 Å². The standard InChI is InChI=1S/C12H13F3N2O/c1-17-7-6-10(11(17)18)16-9-4-2-8(3-5-9)12(13,14)15/h2-5,10,16H,6-7H2,1H3. The van der Waals surface area contributed by atoms with Crippen molar-refractivity contribution in [1.29, 1.82) is 0 Å². The lowest BCUT2D eigenvalue weighted by atomic mass is 10.1. The second-order valence-corrected chi connectivity index (χ2v) is 4.32. The van der Waals surface area contributed by atoms with Crippen LogP contribution in [0.5, 0.6) is 0 Å². The molecule has 3 nitrogen and oxygen atoms in total. The molecule has 6 heteroatoms. The number of nitrogens with one attached hydrogen (secondary N) is 1. The molecule has 1 unspecified atom stereocenters. The second-order valence-electron chi connectivity index (χ2n) is 4.32. The monoisotopic (exact) mass is 258 g/mol. The zero-order valence-electron chi connectivity index (χ0n) is 9.79. The normalized spacial score (nSPS) is 20.3. The van der Waals surface area contributed by atoms with Crippen LogP contribution in [0.25, 0.3) is 0 Å². The third-order valence-corrected chi connectivity index (χ3v) is 2.98. The SMILES string of the molecule is CN1CCC(Nc2ccc(C(F)(F)F)cc2)C1=O. The third kappa shape index (κ3) is 2.57. The van der Waals surface area contributed by atoms with Gasteiger partial charge >= 0.3 is 6.18 Å². The van der Waals surface area contributed by atoms with E-state index in [1.165, 1.54) is 12.1 Å². The summed E-state index contributed by atoms with van der Waals surface area (Å²) in [5.41, 5.74) is -0.167. The predicted molar refractivity (Wildman–Crippen MR) is 61.1 cm³/mol. The van der Waals surface area contributed by atoms with E-state index in [1.807, 2.05) is 0 Å². The highest BCUT2D eigenvalue weighted by Crippen LogP contribution is 2.30. The smallest absolute Gasteiger partial charge is 0.374 e. The van der Waals surface area contributed by atoms with Gasteiger partial charge in [0.15, 0.2) is 0 Å². The summed E-state index contributed by atoms with van der Waals surface area (Å²) in [4.78, 5) is 13.2. The summed E-state index contributed by atoms with van der Waals surface area (Å²) in [7, 11) is 1.71. The number of carbonyl (C=O) groups is 1. The molecule has 1 fully saturated rings. The zero-order valence-corrected chi connectivity index (χ0v) is 9.79. The molecule has 1 aliphatic heterocycles. The van der Waals surface area contributed by atoms with Crippen LogP contribution < -0.4 is 5.32 Å². The Bertz CT molecular complexity index is 442. The van der Waals surface area contributed by atoms with Crippen LogP contribution in [-0.2, 0) is 11.0 Å². The number of likely N-dealkylation sites (N-methyl/N-ethyl adjacent to an activating group) is 1. The number of anilines is 1. The van der Waals surface area contributed by atoms with Gasteiger partial charge in [0, 0.05) is 19.3 Å². The van der Waals surface area contributed by atoms with Crippen LogP contribution in [-0.4, -0.2) is 30.4 Å². The maximum Gasteiger partial charge on any atom is 0.416 e. The van der Waals surface area contributed by atoms with Gasteiger partial charge in [-0.1, -0.05) is 0 Å². The van der Waals surface area contributed by atoms with E-state index in [0.29, 0.717) is 18.7 Å². The first-order valence-electron chi connectivity index (χ1n) is 5.57. The lowest BCUT2D eigenvalue weighted by molar-refractivity contribution is -0.137. The van der Waals surface area contributed by atoms with Gasteiger partial charge in [0.25, 0.3) is 0 Å². The van der Waals surface area contributed by atoms with E-state index in [1.54, 1.807) is 11.9 Å². The molecule has 1 heterocycles. The van der Waals surface area contributed by atoms with E-state index in [-0.39, 0.29) is 11.9 Å². The highest BCUT2D eigenvalue weighted by atomic mass is 19.4. The number of rotatable bonds is 2. The molecule has 18 heavy (non-hydrogen) atoms. The number of hydrogen-bond acceptors (Lipinski definition) is 2. The van der Waals surface area contributed by atoms with Gasteiger partial charge in [-0.2, -0.15) is 13.2 Å². The minimum absolute atomic E-state index is 0.0325. The van der Waals surface area contributed by atoms with E-state index in [0.717, 1.165) is 12.1 Å². The Balaban J connectivity index is 2.05. The Labute approximate surface area is 103 Å². The summed E-state index contributed by atoms with van der Waals surface area (Å²) in [6.07, 6.45) is -3.67. The molecule has 0 radical (unpaired) electrons. The van der Waals surface area contributed by atoms with Crippen molar-refractivity contribution in [1.82, 2.24) is 4.90 Å². The lowest BCUT2D eigenvalue weighted by Gasteiger charge is -2.14. The fourth-order valence-electron chi connectivity index (χ4n) is 1.91. The molecule has 0 spiro atoms. The van der Waals surface area contributed by atoms with Gasteiger partial charge in [0.05, 0.1) is 5.56 Å². The highest BCUT2D eigenvalue weighted by Gasteiger charge is 2.31. The fourth-order valence-corrected chi connectivity index (χ4v) is 1.91. The van der Waals surface area contributed by atoms with Gasteiger partial charge in [-0.15, -0.1) is 0 Å². The van der Waals surface area contributed by atoms with E-state index in [9.17, 15) is 18.0 Å². The molecular formula is C12H13F3N2O. The first-order chi connectivity index (χ1) is 8.38. The number of likely N-dealkylation sites (tertiary alicyclic amines) is 1. The Morgan fingerprint density at radius 3 is 2.33 bits per heavy atom. The van der Waals surface area contributed by atoms with Crippen LogP contribution in [0.4, 0.5) is 18.9 Å². The molecule has 1 atom stereocenters. The number of hydrogen-bond donors (Lipinski definition) is 1. The van der Waals surface area contributed by atoms with Crippen LogP contribution in [0, 0.1) is 0 Å². The minimum atomic E-state index is -4.33. The van der Waals surface area contributed by atoms with Gasteiger partial charge in [0.1, 0.15) is 6.04 Å². The molecule has 1 aliphatic rings. The first-order valence-corrected chi connectivity index (χ1v) is 5.57. The predicted octanol–water partition coefficient (Wildman–Crippen LogP) is 2.35. The zero-order chi connectivity index (χ0) is 13.3. The van der Waals surface area contributed by atoms with Gasteiger partial charge in [-0.3, -0.25) is 4.79 Å². The molecule has 0 bridgehead atoms. The van der Waals surface area contributed by atoms with Gasteiger partial charge < -0.3 is 10.2 Å². The fraction of sp³-hybridized carbons (Fsp3) is 0.417. The maximum absolute atomic E-state index is 12.4. The van der Waals surface area contributed by atoms with Crippen LogP contribution in [0.1, 0.15) is 12.0 Å². The van der Waals surface area contributed by atoms with Gasteiger partial charge in [-0.05, 0) is 30.7 Å². The average molecular weight is 258 g/mol. The largest absolute Gasteiger partial charge is 0.416 e. The number of alkyl halides is 3. The Kier molecular flexibility index (Phi) is 3.19. The quantitative estimate of drug-likeness (QED) is 0.883. The number of nitrogens with zero attached hydrogens (tertiary/aromatic N) is 1. The molecular weight excluding hydrogens is 245 g/mol. The topological polar surface area (TPSA) is 32.3 Å². The summed E-state index contributed by atoms with van der Waals surface area (Å²) in [5, 5.41) is 2.94. The molecule has 2 rings (SSSR count). The summed E-state index contributed by atoms with van der Waals surface area (Å²) >= 11 is 0. The third-order valence-electron chi connectivity index (χ3n) is 2.98. The molecule has 1 aromatic carbocycles. The van der Waals surface area contributed by atoms with Crippen molar-refractivity contribution in [2.75, 3.05) is 18.9 Å². The van der Waals surface area contributed by atoms with Crippen molar-refractivity contribution >= 4 is 11.6 Å². The van der Waals surface area contributed by atoms with Crippen molar-refractivity contribution in [3.8, 4) is 0 Å². The summed E-state index contributed by atoms with van der Waals surface area (Å²) in [6, 6.07) is 4.35. The molecule has 0 aromatic heterocycles. The summed E-state index contributed by atoms with van der Waals surface area (Å²) in [5.74, 6) is -0.0325. The van der Waals surface area contributed by atoms with Crippen molar-refractivity contribution in [3.63, 3.8) is 0 Å². The van der Waals surface area contributed by atoms with E-state index in [4.69, 9.17) is 0 Å². The van der Waals surface area contributed by atoms with E-state index >= 15 is 0 Å². The number of halogens is 3. The molecule has 0 aliphatic carbocycles. The average Bonchev–Trinajstić information content (AvgIpc) is 2.61. The van der Waals surface area contributed by atoms with Gasteiger partial charge in [0.2, 0.25) is 5.91 Å². The van der Waals surface area contributed by atoms with Crippen molar-refractivity contribution in [2.45, 2.75) is 18.6 Å². The lowest BCUT2D eigenvalue weighted by Crippen LogP contribution is -2.30. The summed E-state index contributed by atoms with van der Waals surface area (Å²) < 4.78 is 37.1. The van der Waals surface area contributed by atoms with Crippen molar-refractivity contribution in [3.05, 3.63) is 29.8 Å². The second kappa shape index (κ2) is 4.51. The molecule has 1 N–H and O–H groups in total. The Morgan fingerprint density at radius 1 is 1.28 bits per heavy atom. The van der Waals surface area contributed by atoms with E-state index < -0.39 is 11.7 Å². The molecule has 1 aromatic rings. The highest BCUT2D eigenvalue weighted by molar-refractivity contribution is 5.86. The summed E-state index contributed by atoms with van der Waals surface area (Å²) in [6.45, 7) is 0.664. The van der Waals surface area contributed by atoms with Crippen molar-refractivity contribution < 1.29 is 18.0 Å². The van der Waals surface area contributed by atoms with Crippen LogP contribution >= 0.6 is 0 Å². The Morgan fingerprint density at radius 2 is 1.89 bits per heavy atom. The maximum atomic E-state index is 12.4. The van der Waals surface area contributed by atoms with Crippen LogP contribution in [0.3, 0.4) is 0 Å².